The molecule has 0 aromatic carbocycles. The van der Waals surface area contributed by atoms with E-state index in [1.807, 2.05) is 0 Å². The summed E-state index contributed by atoms with van der Waals surface area (Å²) in [5.74, 6) is 5.33. The maximum atomic E-state index is 13.1. The Kier molecular flexibility index (Phi) is 3.51. The maximum Gasteiger partial charge on any atom is 0.162 e. The normalized spacial score (nSPS) is 45.8. The highest BCUT2D eigenvalue weighted by Crippen LogP contribution is 2.57. The zero-order valence-electron chi connectivity index (χ0n) is 13.7. The van der Waals surface area contributed by atoms with Crippen LogP contribution in [0, 0.1) is 35.5 Å². The van der Waals surface area contributed by atoms with E-state index in [4.69, 9.17) is 0 Å². The molecule has 1 heteroatoms. The minimum Gasteiger partial charge on any atom is -0.294 e. The van der Waals surface area contributed by atoms with Crippen LogP contribution in [0.5, 0.6) is 0 Å². The Morgan fingerprint density at radius 1 is 0.810 bits per heavy atom. The molecular formula is C20H30O. The lowest BCUT2D eigenvalue weighted by Crippen LogP contribution is -2.47. The number of ketones is 1. The minimum atomic E-state index is 0.406. The van der Waals surface area contributed by atoms with Crippen LogP contribution in [0.3, 0.4) is 0 Å². The van der Waals surface area contributed by atoms with Crippen LogP contribution in [0.15, 0.2) is 11.1 Å². The van der Waals surface area contributed by atoms with Gasteiger partial charge in [-0.15, -0.1) is 0 Å². The van der Waals surface area contributed by atoms with Crippen LogP contribution in [-0.4, -0.2) is 5.78 Å². The van der Waals surface area contributed by atoms with E-state index in [1.165, 1.54) is 62.5 Å². The molecule has 0 bridgehead atoms. The van der Waals surface area contributed by atoms with Crippen molar-refractivity contribution >= 4 is 5.78 Å². The quantitative estimate of drug-likeness (QED) is 0.562. The number of Topliss-reactive ketones (excluding diaryl/α,β-unsaturated/α-hetero) is 1. The van der Waals surface area contributed by atoms with Crippen LogP contribution in [0.25, 0.3) is 0 Å². The lowest BCUT2D eigenvalue weighted by atomic mass is 9.53. The van der Waals surface area contributed by atoms with E-state index in [-0.39, 0.29) is 0 Å². The van der Waals surface area contributed by atoms with Gasteiger partial charge in [-0.3, -0.25) is 4.79 Å². The maximum absolute atomic E-state index is 13.1. The molecule has 0 saturated heterocycles. The number of hydrogen-bond donors (Lipinski definition) is 0. The van der Waals surface area contributed by atoms with Crippen LogP contribution in [0.4, 0.5) is 0 Å². The molecule has 0 radical (unpaired) electrons. The molecular weight excluding hydrogens is 256 g/mol. The fourth-order valence-corrected chi connectivity index (χ4v) is 6.62. The highest BCUT2D eigenvalue weighted by molar-refractivity contribution is 5.99. The molecule has 5 unspecified atom stereocenters. The Bertz CT molecular complexity index is 470. The van der Waals surface area contributed by atoms with Gasteiger partial charge in [0.05, 0.1) is 0 Å². The summed E-state index contributed by atoms with van der Waals surface area (Å²) in [6, 6.07) is 0. The summed E-state index contributed by atoms with van der Waals surface area (Å²) in [6.45, 7) is 4.28. The second-order valence-electron chi connectivity index (χ2n) is 8.50. The first kappa shape index (κ1) is 14.0. The number of hydrogen-bond acceptors (Lipinski definition) is 1. The van der Waals surface area contributed by atoms with Gasteiger partial charge in [-0.25, -0.2) is 0 Å². The predicted octanol–water partition coefficient (Wildman–Crippen LogP) is 5.15. The van der Waals surface area contributed by atoms with Crippen molar-refractivity contribution in [2.24, 2.45) is 35.5 Å². The summed E-state index contributed by atoms with van der Waals surface area (Å²) in [4.78, 5) is 13.1. The molecule has 0 N–H and O–H groups in total. The third kappa shape index (κ3) is 2.14. The smallest absolute Gasteiger partial charge is 0.162 e. The summed E-state index contributed by atoms with van der Waals surface area (Å²) in [5.41, 5.74) is 2.49. The van der Waals surface area contributed by atoms with Crippen molar-refractivity contribution in [3.05, 3.63) is 11.1 Å². The predicted molar refractivity (Wildman–Crippen MR) is 85.9 cm³/mol. The summed E-state index contributed by atoms with van der Waals surface area (Å²) in [7, 11) is 0. The van der Waals surface area contributed by atoms with E-state index in [0.717, 1.165) is 36.0 Å². The summed E-state index contributed by atoms with van der Waals surface area (Å²) < 4.78 is 0. The number of allylic oxidation sites excluding steroid dienone is 2. The molecule has 1 nitrogen and oxygen atoms in total. The molecule has 4 aliphatic carbocycles. The van der Waals surface area contributed by atoms with Crippen molar-refractivity contribution in [1.29, 1.82) is 0 Å². The molecule has 0 spiro atoms. The molecule has 0 aliphatic heterocycles. The molecule has 0 aromatic rings. The summed E-state index contributed by atoms with van der Waals surface area (Å²) >= 11 is 0. The number of rotatable bonds is 0. The lowest BCUT2D eigenvalue weighted by molar-refractivity contribution is -0.130. The monoisotopic (exact) mass is 286 g/mol. The summed E-state index contributed by atoms with van der Waals surface area (Å²) in [5, 5.41) is 0. The third-order valence-electron chi connectivity index (χ3n) is 7.50. The third-order valence-corrected chi connectivity index (χ3v) is 7.50. The van der Waals surface area contributed by atoms with E-state index in [2.05, 4.69) is 13.8 Å². The zero-order valence-corrected chi connectivity index (χ0v) is 13.7. The zero-order chi connectivity index (χ0) is 14.6. The lowest BCUT2D eigenvalue weighted by Gasteiger charge is -2.51. The largest absolute Gasteiger partial charge is 0.294 e. The Hall–Kier alpha value is -0.590. The molecule has 4 aliphatic rings. The molecule has 4 saturated carbocycles. The van der Waals surface area contributed by atoms with Crippen LogP contribution >= 0.6 is 0 Å². The Morgan fingerprint density at radius 2 is 1.57 bits per heavy atom. The molecule has 4 rings (SSSR count). The van der Waals surface area contributed by atoms with Gasteiger partial charge in [0, 0.05) is 5.92 Å². The first-order valence-electron chi connectivity index (χ1n) is 9.37. The molecule has 6 atom stereocenters. The van der Waals surface area contributed by atoms with Crippen LogP contribution in [0.2, 0.25) is 0 Å². The fraction of sp³-hybridized carbons (Fsp3) is 0.850. The Labute approximate surface area is 129 Å². The van der Waals surface area contributed by atoms with Crippen molar-refractivity contribution in [3.63, 3.8) is 0 Å². The molecule has 4 fully saturated rings. The molecule has 0 aromatic heterocycles. The Balaban J connectivity index is 1.63. The first-order valence-corrected chi connectivity index (χ1v) is 9.37. The van der Waals surface area contributed by atoms with Crippen molar-refractivity contribution in [3.8, 4) is 0 Å². The van der Waals surface area contributed by atoms with E-state index in [0.29, 0.717) is 11.7 Å². The topological polar surface area (TPSA) is 17.1 Å². The molecule has 0 amide bonds. The van der Waals surface area contributed by atoms with Crippen LogP contribution in [0.1, 0.15) is 71.6 Å². The molecule has 0 heterocycles. The number of fused-ring (bicyclic) bond motifs is 5. The highest BCUT2D eigenvalue weighted by atomic mass is 16.1. The van der Waals surface area contributed by atoms with Crippen molar-refractivity contribution < 1.29 is 4.79 Å². The SMILES string of the molecule is CC(C)=C1CCC2CCC3C4CCCC4CCC3[C@H]2C1=O. The van der Waals surface area contributed by atoms with Gasteiger partial charge in [0.15, 0.2) is 5.78 Å². The number of carbonyl (C=O) groups excluding carboxylic acids is 1. The van der Waals surface area contributed by atoms with E-state index >= 15 is 0 Å². The second-order valence-corrected chi connectivity index (χ2v) is 8.50. The van der Waals surface area contributed by atoms with Gasteiger partial charge in [0.2, 0.25) is 0 Å². The van der Waals surface area contributed by atoms with Crippen molar-refractivity contribution in [2.75, 3.05) is 0 Å². The van der Waals surface area contributed by atoms with Gasteiger partial charge in [0.1, 0.15) is 0 Å². The minimum absolute atomic E-state index is 0.406. The Morgan fingerprint density at radius 3 is 2.38 bits per heavy atom. The standard InChI is InChI=1S/C20H30O/c1-12(2)15-9-7-14-8-10-17-16-5-3-4-13(16)6-11-18(17)19(14)20(15)21/h13-14,16-19H,3-11H2,1-2H3/t13?,14?,16?,17?,18?,19-/m0/s1. The fourth-order valence-electron chi connectivity index (χ4n) is 6.62. The van der Waals surface area contributed by atoms with Crippen molar-refractivity contribution in [2.45, 2.75) is 71.6 Å². The van der Waals surface area contributed by atoms with Gasteiger partial charge in [-0.05, 0) is 94.0 Å². The molecule has 21 heavy (non-hydrogen) atoms. The van der Waals surface area contributed by atoms with Gasteiger partial charge in [-0.1, -0.05) is 18.4 Å². The van der Waals surface area contributed by atoms with Crippen molar-refractivity contribution in [1.82, 2.24) is 0 Å². The van der Waals surface area contributed by atoms with Gasteiger partial charge >= 0.3 is 0 Å². The van der Waals surface area contributed by atoms with Gasteiger partial charge < -0.3 is 0 Å². The van der Waals surface area contributed by atoms with Crippen LogP contribution in [-0.2, 0) is 4.79 Å². The molecule has 116 valence electrons. The first-order chi connectivity index (χ1) is 10.2. The second kappa shape index (κ2) is 5.25. The average molecular weight is 286 g/mol. The number of carbonyl (C=O) groups is 1. The van der Waals surface area contributed by atoms with Gasteiger partial charge in [0.25, 0.3) is 0 Å². The van der Waals surface area contributed by atoms with Gasteiger partial charge in [-0.2, -0.15) is 0 Å². The van der Waals surface area contributed by atoms with E-state index in [9.17, 15) is 4.79 Å². The summed E-state index contributed by atoms with van der Waals surface area (Å²) in [6.07, 6.45) is 12.3. The van der Waals surface area contributed by atoms with E-state index < -0.39 is 0 Å². The van der Waals surface area contributed by atoms with Crippen LogP contribution < -0.4 is 0 Å². The van der Waals surface area contributed by atoms with E-state index in [1.54, 1.807) is 0 Å². The highest BCUT2D eigenvalue weighted by Gasteiger charge is 2.51. The average Bonchev–Trinajstić information content (AvgIpc) is 2.95.